The number of amides is 1. The van der Waals surface area contributed by atoms with Gasteiger partial charge in [-0.3, -0.25) is 4.79 Å². The van der Waals surface area contributed by atoms with Gasteiger partial charge in [0.15, 0.2) is 6.10 Å². The lowest BCUT2D eigenvalue weighted by molar-refractivity contribution is -0.137. The lowest BCUT2D eigenvalue weighted by Gasteiger charge is -2.22. The van der Waals surface area contributed by atoms with Crippen LogP contribution < -0.4 is 10.5 Å². The molecule has 1 aromatic carbocycles. The van der Waals surface area contributed by atoms with E-state index >= 15 is 0 Å². The monoisotopic (exact) mass is 272 g/mol. The largest absolute Gasteiger partial charge is 0.480 e. The summed E-state index contributed by atoms with van der Waals surface area (Å²) in [7, 11) is 0. The molecule has 2 heterocycles. The second kappa shape index (κ2) is 4.48. The van der Waals surface area contributed by atoms with Gasteiger partial charge in [-0.25, -0.2) is 0 Å². The molecule has 4 nitrogen and oxygen atoms in total. The van der Waals surface area contributed by atoms with Crippen molar-refractivity contribution in [2.45, 2.75) is 31.4 Å². The Kier molecular flexibility index (Phi) is 2.74. The second-order valence-electron chi connectivity index (χ2n) is 6.33. The van der Waals surface area contributed by atoms with Gasteiger partial charge in [-0.2, -0.15) is 0 Å². The summed E-state index contributed by atoms with van der Waals surface area (Å²) in [6, 6.07) is 8.20. The number of rotatable bonds is 1. The van der Waals surface area contributed by atoms with Gasteiger partial charge < -0.3 is 15.4 Å². The molecule has 1 aromatic rings. The van der Waals surface area contributed by atoms with E-state index in [9.17, 15) is 4.79 Å². The number of hydrogen-bond acceptors (Lipinski definition) is 3. The average molecular weight is 272 g/mol. The van der Waals surface area contributed by atoms with Crippen LogP contribution in [-0.4, -0.2) is 36.0 Å². The predicted molar refractivity (Wildman–Crippen MR) is 75.3 cm³/mol. The van der Waals surface area contributed by atoms with E-state index < -0.39 is 0 Å². The van der Waals surface area contributed by atoms with Gasteiger partial charge in [-0.05, 0) is 36.3 Å². The van der Waals surface area contributed by atoms with Crippen LogP contribution in [0.2, 0.25) is 0 Å². The average Bonchev–Trinajstić information content (AvgIpc) is 3.13. The summed E-state index contributed by atoms with van der Waals surface area (Å²) >= 11 is 0. The zero-order chi connectivity index (χ0) is 13.7. The summed E-state index contributed by atoms with van der Waals surface area (Å²) in [4.78, 5) is 14.6. The van der Waals surface area contributed by atoms with Crippen LogP contribution in [0.3, 0.4) is 0 Å². The number of carbonyl (C=O) groups excluding carboxylic acids is 1. The zero-order valence-electron chi connectivity index (χ0n) is 11.5. The Hall–Kier alpha value is -1.55. The van der Waals surface area contributed by atoms with Crippen LogP contribution in [0.4, 0.5) is 0 Å². The maximum absolute atomic E-state index is 12.6. The summed E-state index contributed by atoms with van der Waals surface area (Å²) < 4.78 is 5.81. The van der Waals surface area contributed by atoms with Crippen molar-refractivity contribution in [3.05, 3.63) is 29.8 Å². The van der Waals surface area contributed by atoms with Gasteiger partial charge in [-0.1, -0.05) is 18.2 Å². The molecule has 2 N–H and O–H groups in total. The van der Waals surface area contributed by atoms with Gasteiger partial charge in [0.25, 0.3) is 5.91 Å². The third-order valence-electron chi connectivity index (χ3n) is 5.15. The molecule has 20 heavy (non-hydrogen) atoms. The Bertz CT molecular complexity index is 520. The third-order valence-corrected chi connectivity index (χ3v) is 5.15. The molecule has 2 aliphatic heterocycles. The van der Waals surface area contributed by atoms with E-state index in [1.165, 1.54) is 6.42 Å². The second-order valence-corrected chi connectivity index (χ2v) is 6.33. The van der Waals surface area contributed by atoms with Gasteiger partial charge in [0, 0.05) is 25.6 Å². The number of nitrogens with zero attached hydrogens (tertiary/aromatic N) is 1. The molecule has 4 heteroatoms. The molecule has 1 saturated carbocycles. The Balaban J connectivity index is 1.45. The van der Waals surface area contributed by atoms with Crippen LogP contribution >= 0.6 is 0 Å². The van der Waals surface area contributed by atoms with Crippen LogP contribution in [-0.2, 0) is 11.2 Å². The fourth-order valence-corrected chi connectivity index (χ4v) is 4.01. The van der Waals surface area contributed by atoms with E-state index in [1.807, 2.05) is 29.2 Å². The molecule has 0 spiro atoms. The highest BCUT2D eigenvalue weighted by Gasteiger charge is 2.44. The first kappa shape index (κ1) is 12.2. The van der Waals surface area contributed by atoms with Crippen LogP contribution in [0.5, 0.6) is 5.75 Å². The van der Waals surface area contributed by atoms with Crippen molar-refractivity contribution in [2.24, 2.45) is 17.6 Å². The minimum Gasteiger partial charge on any atom is -0.480 e. The van der Waals surface area contributed by atoms with Crippen LogP contribution in [0.1, 0.15) is 18.4 Å². The number of fused-ring (bicyclic) bond motifs is 2. The molecule has 0 bridgehead atoms. The molecular formula is C16H20N2O2. The fourth-order valence-electron chi connectivity index (χ4n) is 4.01. The van der Waals surface area contributed by atoms with Gasteiger partial charge >= 0.3 is 0 Å². The molecule has 3 aliphatic rings. The molecular weight excluding hydrogens is 252 g/mol. The Labute approximate surface area is 118 Å². The number of benzene rings is 1. The minimum absolute atomic E-state index is 0.141. The summed E-state index contributed by atoms with van der Waals surface area (Å²) in [5, 5.41) is 0. The Morgan fingerprint density at radius 1 is 1.25 bits per heavy atom. The lowest BCUT2D eigenvalue weighted by atomic mass is 9.98. The summed E-state index contributed by atoms with van der Waals surface area (Å²) in [6.07, 6.45) is 2.65. The van der Waals surface area contributed by atoms with E-state index in [0.717, 1.165) is 30.8 Å². The van der Waals surface area contributed by atoms with Gasteiger partial charge in [-0.15, -0.1) is 0 Å². The molecule has 4 rings (SSSR count). The molecule has 0 aromatic heterocycles. The fraction of sp³-hybridized carbons (Fsp3) is 0.562. The maximum atomic E-state index is 12.6. The quantitative estimate of drug-likeness (QED) is 0.835. The number of nitrogens with two attached hydrogens (primary N) is 1. The van der Waals surface area contributed by atoms with Crippen molar-refractivity contribution in [3.8, 4) is 5.75 Å². The van der Waals surface area contributed by atoms with Gasteiger partial charge in [0.05, 0.1) is 0 Å². The third kappa shape index (κ3) is 1.82. The molecule has 106 valence electrons. The first-order valence-electron chi connectivity index (χ1n) is 7.51. The lowest BCUT2D eigenvalue weighted by Crippen LogP contribution is -2.41. The normalized spacial score (nSPS) is 34.8. The van der Waals surface area contributed by atoms with Gasteiger partial charge in [0.1, 0.15) is 5.75 Å². The van der Waals surface area contributed by atoms with E-state index in [2.05, 4.69) is 0 Å². The highest BCUT2D eigenvalue weighted by atomic mass is 16.5. The molecule has 0 radical (unpaired) electrons. The van der Waals surface area contributed by atoms with E-state index in [-0.39, 0.29) is 18.1 Å². The first-order chi connectivity index (χ1) is 9.72. The SMILES string of the molecule is NC1CCC2CN(C(=O)C3Cc4ccccc4O3)CC12. The maximum Gasteiger partial charge on any atom is 0.264 e. The minimum atomic E-state index is -0.331. The van der Waals surface area contributed by atoms with Crippen LogP contribution in [0, 0.1) is 11.8 Å². The number of para-hydroxylation sites is 1. The first-order valence-corrected chi connectivity index (χ1v) is 7.51. The van der Waals surface area contributed by atoms with Crippen LogP contribution in [0.15, 0.2) is 24.3 Å². The topological polar surface area (TPSA) is 55.6 Å². The molecule has 1 aliphatic carbocycles. The summed E-state index contributed by atoms with van der Waals surface area (Å²) in [5.74, 6) is 2.12. The van der Waals surface area contributed by atoms with Crippen molar-refractivity contribution < 1.29 is 9.53 Å². The highest BCUT2D eigenvalue weighted by molar-refractivity contribution is 5.83. The Morgan fingerprint density at radius 2 is 2.10 bits per heavy atom. The highest BCUT2D eigenvalue weighted by Crippen LogP contribution is 2.38. The van der Waals surface area contributed by atoms with Gasteiger partial charge in [0.2, 0.25) is 0 Å². The standard InChI is InChI=1S/C16H20N2O2/c17-13-6-5-11-8-18(9-12(11)13)16(19)15-7-10-3-1-2-4-14(10)20-15/h1-4,11-13,15H,5-9,17H2. The number of carbonyl (C=O) groups is 1. The van der Waals surface area contributed by atoms with Crippen molar-refractivity contribution in [3.63, 3.8) is 0 Å². The van der Waals surface area contributed by atoms with Crippen molar-refractivity contribution in [1.29, 1.82) is 0 Å². The smallest absolute Gasteiger partial charge is 0.264 e. The van der Waals surface area contributed by atoms with Crippen LogP contribution in [0.25, 0.3) is 0 Å². The van der Waals surface area contributed by atoms with E-state index in [0.29, 0.717) is 18.3 Å². The molecule has 1 saturated heterocycles. The van der Waals surface area contributed by atoms with E-state index in [4.69, 9.17) is 10.5 Å². The van der Waals surface area contributed by atoms with Crippen molar-refractivity contribution in [2.75, 3.05) is 13.1 Å². The zero-order valence-corrected chi connectivity index (χ0v) is 11.5. The van der Waals surface area contributed by atoms with E-state index in [1.54, 1.807) is 0 Å². The summed E-state index contributed by atoms with van der Waals surface area (Å²) in [6.45, 7) is 1.69. The molecule has 1 amide bonds. The number of hydrogen-bond donors (Lipinski definition) is 1. The van der Waals surface area contributed by atoms with Crippen molar-refractivity contribution >= 4 is 5.91 Å². The number of likely N-dealkylation sites (tertiary alicyclic amines) is 1. The number of ether oxygens (including phenoxy) is 1. The summed E-state index contributed by atoms with van der Waals surface area (Å²) in [5.41, 5.74) is 7.28. The molecule has 2 fully saturated rings. The Morgan fingerprint density at radius 3 is 2.90 bits per heavy atom. The molecule has 4 unspecified atom stereocenters. The molecule has 4 atom stereocenters. The van der Waals surface area contributed by atoms with Crippen molar-refractivity contribution in [1.82, 2.24) is 4.90 Å². The predicted octanol–water partition coefficient (Wildman–Crippen LogP) is 1.19.